The highest BCUT2D eigenvalue weighted by Crippen LogP contribution is 2.39. The SMILES string of the molecule is Cc1ccc([C@@H](C)NC(=O)[C@@H]2CCC(F)(F)C2)cc1.O=C(O)C(F)(F)F. The lowest BCUT2D eigenvalue weighted by Gasteiger charge is -2.17. The van der Waals surface area contributed by atoms with Crippen LogP contribution in [0.1, 0.15) is 43.4 Å². The molecule has 0 spiro atoms. The number of benzene rings is 1. The molecule has 1 aliphatic rings. The van der Waals surface area contributed by atoms with Crippen LogP contribution in [0, 0.1) is 12.8 Å². The number of amides is 1. The molecule has 0 bridgehead atoms. The van der Waals surface area contributed by atoms with E-state index in [1.165, 1.54) is 0 Å². The molecule has 2 rings (SSSR count). The number of alkyl halides is 5. The number of carboxylic acid groups (broad SMARTS) is 1. The lowest BCUT2D eigenvalue weighted by molar-refractivity contribution is -0.192. The van der Waals surface area contributed by atoms with Crippen LogP contribution in [0.2, 0.25) is 0 Å². The molecule has 4 nitrogen and oxygen atoms in total. The van der Waals surface area contributed by atoms with Crippen LogP contribution in [0.15, 0.2) is 24.3 Å². The van der Waals surface area contributed by atoms with Crippen molar-refractivity contribution < 1.29 is 36.6 Å². The number of carbonyl (C=O) groups excluding carboxylic acids is 1. The standard InChI is InChI=1S/C15H19F2NO.C2HF3O2/c1-10-3-5-12(6-4-10)11(2)18-14(19)13-7-8-15(16,17)9-13;3-2(4,5)1(6)7/h3-6,11,13H,7-9H2,1-2H3,(H,18,19);(H,6,7)/t11-,13-;/m1./s1. The van der Waals surface area contributed by atoms with Gasteiger partial charge in [0, 0.05) is 18.8 Å². The average molecular weight is 381 g/mol. The third-order valence-electron chi connectivity index (χ3n) is 3.95. The Kier molecular flexibility index (Phi) is 7.11. The molecule has 1 aliphatic carbocycles. The molecule has 0 heterocycles. The molecule has 2 atom stereocenters. The molecule has 26 heavy (non-hydrogen) atoms. The number of hydrogen-bond acceptors (Lipinski definition) is 2. The zero-order valence-electron chi connectivity index (χ0n) is 14.2. The summed E-state index contributed by atoms with van der Waals surface area (Å²) in [6, 6.07) is 7.69. The quantitative estimate of drug-likeness (QED) is 0.770. The Morgan fingerprint density at radius 3 is 2.12 bits per heavy atom. The van der Waals surface area contributed by atoms with E-state index >= 15 is 0 Å². The fourth-order valence-corrected chi connectivity index (χ4v) is 2.44. The van der Waals surface area contributed by atoms with E-state index in [-0.39, 0.29) is 31.2 Å². The highest BCUT2D eigenvalue weighted by Gasteiger charge is 2.42. The van der Waals surface area contributed by atoms with E-state index in [1.54, 1.807) is 0 Å². The highest BCUT2D eigenvalue weighted by atomic mass is 19.4. The van der Waals surface area contributed by atoms with Gasteiger partial charge in [-0.25, -0.2) is 13.6 Å². The van der Waals surface area contributed by atoms with Crippen molar-refractivity contribution in [2.45, 2.75) is 51.3 Å². The Labute approximate surface area is 147 Å². The minimum Gasteiger partial charge on any atom is -0.475 e. The summed E-state index contributed by atoms with van der Waals surface area (Å²) >= 11 is 0. The lowest BCUT2D eigenvalue weighted by Crippen LogP contribution is -2.32. The summed E-state index contributed by atoms with van der Waals surface area (Å²) in [6.07, 6.45) is -5.30. The Hall–Kier alpha value is -2.19. The monoisotopic (exact) mass is 381 g/mol. The van der Waals surface area contributed by atoms with E-state index in [9.17, 15) is 26.7 Å². The summed E-state index contributed by atoms with van der Waals surface area (Å²) in [4.78, 5) is 20.8. The normalized spacial score (nSPS) is 19.9. The third kappa shape index (κ3) is 6.97. The van der Waals surface area contributed by atoms with Crippen molar-refractivity contribution in [2.75, 3.05) is 0 Å². The molecule has 1 fully saturated rings. The average Bonchev–Trinajstić information content (AvgIpc) is 2.87. The number of nitrogens with one attached hydrogen (secondary N) is 1. The first-order chi connectivity index (χ1) is 11.8. The molecule has 2 N–H and O–H groups in total. The topological polar surface area (TPSA) is 66.4 Å². The van der Waals surface area contributed by atoms with Gasteiger partial charge in [0.2, 0.25) is 11.8 Å². The second kappa shape index (κ2) is 8.46. The second-order valence-electron chi connectivity index (χ2n) is 6.24. The fourth-order valence-electron chi connectivity index (χ4n) is 2.44. The highest BCUT2D eigenvalue weighted by molar-refractivity contribution is 5.79. The molecule has 9 heteroatoms. The van der Waals surface area contributed by atoms with Crippen LogP contribution in [-0.4, -0.2) is 29.1 Å². The van der Waals surface area contributed by atoms with E-state index in [0.29, 0.717) is 0 Å². The summed E-state index contributed by atoms with van der Waals surface area (Å²) in [7, 11) is 0. The molecular formula is C17H20F5NO3. The number of rotatable bonds is 3. The summed E-state index contributed by atoms with van der Waals surface area (Å²) in [5.74, 6) is -6.24. The van der Waals surface area contributed by atoms with Gasteiger partial charge in [-0.05, 0) is 25.8 Å². The molecule has 1 aromatic carbocycles. The molecule has 0 saturated heterocycles. The van der Waals surface area contributed by atoms with Crippen LogP contribution in [-0.2, 0) is 9.59 Å². The Morgan fingerprint density at radius 2 is 1.73 bits per heavy atom. The zero-order valence-corrected chi connectivity index (χ0v) is 14.2. The number of carbonyl (C=O) groups is 2. The van der Waals surface area contributed by atoms with E-state index in [2.05, 4.69) is 5.32 Å². The smallest absolute Gasteiger partial charge is 0.475 e. The first kappa shape index (κ1) is 21.9. The lowest BCUT2D eigenvalue weighted by atomic mass is 10.0. The summed E-state index contributed by atoms with van der Waals surface area (Å²) in [5, 5.41) is 9.95. The van der Waals surface area contributed by atoms with Crippen LogP contribution in [0.3, 0.4) is 0 Å². The van der Waals surface area contributed by atoms with Gasteiger partial charge in [0.05, 0.1) is 6.04 Å². The minimum atomic E-state index is -5.08. The van der Waals surface area contributed by atoms with Crippen molar-refractivity contribution >= 4 is 11.9 Å². The molecule has 1 aromatic rings. The fraction of sp³-hybridized carbons (Fsp3) is 0.529. The van der Waals surface area contributed by atoms with Crippen LogP contribution >= 0.6 is 0 Å². The van der Waals surface area contributed by atoms with Crippen molar-refractivity contribution in [2.24, 2.45) is 5.92 Å². The maximum Gasteiger partial charge on any atom is 0.490 e. The minimum absolute atomic E-state index is 0.151. The third-order valence-corrected chi connectivity index (χ3v) is 3.95. The van der Waals surface area contributed by atoms with Gasteiger partial charge in [0.1, 0.15) is 0 Å². The second-order valence-corrected chi connectivity index (χ2v) is 6.24. The van der Waals surface area contributed by atoms with Gasteiger partial charge in [-0.3, -0.25) is 4.79 Å². The number of aliphatic carboxylic acids is 1. The Balaban J connectivity index is 0.000000412. The Bertz CT molecular complexity index is 628. The van der Waals surface area contributed by atoms with E-state index in [1.807, 2.05) is 38.1 Å². The van der Waals surface area contributed by atoms with Gasteiger partial charge in [-0.1, -0.05) is 29.8 Å². The summed E-state index contributed by atoms with van der Waals surface area (Å²) < 4.78 is 57.9. The van der Waals surface area contributed by atoms with Crippen molar-refractivity contribution in [3.05, 3.63) is 35.4 Å². The molecule has 0 aliphatic heterocycles. The van der Waals surface area contributed by atoms with Gasteiger partial charge in [-0.2, -0.15) is 13.2 Å². The van der Waals surface area contributed by atoms with Crippen LogP contribution in [0.4, 0.5) is 22.0 Å². The molecule has 1 amide bonds. The van der Waals surface area contributed by atoms with Crippen LogP contribution in [0.5, 0.6) is 0 Å². The number of halogens is 5. The van der Waals surface area contributed by atoms with Crippen LogP contribution in [0.25, 0.3) is 0 Å². The molecular weight excluding hydrogens is 361 g/mol. The van der Waals surface area contributed by atoms with Gasteiger partial charge in [0.15, 0.2) is 0 Å². The predicted molar refractivity (Wildman–Crippen MR) is 83.7 cm³/mol. The maximum absolute atomic E-state index is 13.1. The first-order valence-electron chi connectivity index (χ1n) is 7.87. The van der Waals surface area contributed by atoms with Gasteiger partial charge in [-0.15, -0.1) is 0 Å². The summed E-state index contributed by atoms with van der Waals surface area (Å²) in [6.45, 7) is 3.86. The number of hydrogen-bond donors (Lipinski definition) is 2. The van der Waals surface area contributed by atoms with Gasteiger partial charge in [0.25, 0.3) is 0 Å². The number of carboxylic acids is 1. The van der Waals surface area contributed by atoms with Gasteiger partial charge >= 0.3 is 12.1 Å². The molecule has 146 valence electrons. The first-order valence-corrected chi connectivity index (χ1v) is 7.87. The summed E-state index contributed by atoms with van der Waals surface area (Å²) in [5.41, 5.74) is 2.14. The number of aryl methyl sites for hydroxylation is 1. The van der Waals surface area contributed by atoms with E-state index in [4.69, 9.17) is 9.90 Å². The van der Waals surface area contributed by atoms with E-state index in [0.717, 1.165) is 11.1 Å². The van der Waals surface area contributed by atoms with Crippen LogP contribution < -0.4 is 5.32 Å². The zero-order chi connectivity index (χ0) is 20.1. The molecule has 0 radical (unpaired) electrons. The van der Waals surface area contributed by atoms with Gasteiger partial charge < -0.3 is 10.4 Å². The maximum atomic E-state index is 13.1. The largest absolute Gasteiger partial charge is 0.490 e. The van der Waals surface area contributed by atoms with Crippen molar-refractivity contribution in [3.63, 3.8) is 0 Å². The molecule has 0 aromatic heterocycles. The molecule has 0 unspecified atom stereocenters. The molecule has 1 saturated carbocycles. The predicted octanol–water partition coefficient (Wildman–Crippen LogP) is 4.24. The Morgan fingerprint density at radius 1 is 1.23 bits per heavy atom. The van der Waals surface area contributed by atoms with Crippen molar-refractivity contribution in [3.8, 4) is 0 Å². The van der Waals surface area contributed by atoms with E-state index < -0.39 is 24.0 Å². The van der Waals surface area contributed by atoms with Crippen molar-refractivity contribution in [1.29, 1.82) is 0 Å². The van der Waals surface area contributed by atoms with Crippen molar-refractivity contribution in [1.82, 2.24) is 5.32 Å².